The van der Waals surface area contributed by atoms with Gasteiger partial charge in [-0.05, 0) is 50.8 Å². The molecule has 3 nitrogen and oxygen atoms in total. The summed E-state index contributed by atoms with van der Waals surface area (Å²) in [5.74, 6) is -3.86. The minimum atomic E-state index is -1.28. The van der Waals surface area contributed by atoms with Gasteiger partial charge >= 0.3 is 0 Å². The highest BCUT2D eigenvalue weighted by atomic mass is 19.2. The lowest BCUT2D eigenvalue weighted by Crippen LogP contribution is -2.47. The summed E-state index contributed by atoms with van der Waals surface area (Å²) >= 11 is 0. The molecule has 0 unspecified atom stereocenters. The quantitative estimate of drug-likeness (QED) is 0.833. The van der Waals surface area contributed by atoms with Crippen molar-refractivity contribution in [3.8, 4) is 0 Å². The molecule has 1 heterocycles. The average Bonchev–Trinajstić information content (AvgIpc) is 2.60. The fourth-order valence-electron chi connectivity index (χ4n) is 4.03. The van der Waals surface area contributed by atoms with Gasteiger partial charge < -0.3 is 10.2 Å². The highest BCUT2D eigenvalue weighted by Gasteiger charge is 2.29. The molecule has 3 rings (SSSR count). The standard InChI is InChI=1S/C19H25F3N2O/c20-15-11-17(22)16(21)10-14(15)19(25)23-18-7-3-2-6-13(18)12-24-8-4-1-5-9-24/h10-11,13,18H,1-9,12H2,(H,23,25)/t13-,18+/m0/s1. The predicted octanol–water partition coefficient (Wildman–Crippen LogP) is 3.88. The highest BCUT2D eigenvalue weighted by molar-refractivity contribution is 5.94. The summed E-state index contributed by atoms with van der Waals surface area (Å²) in [5.41, 5.74) is -0.429. The zero-order valence-corrected chi connectivity index (χ0v) is 14.4. The molecule has 2 atom stereocenters. The monoisotopic (exact) mass is 354 g/mol. The minimum Gasteiger partial charge on any atom is -0.349 e. The van der Waals surface area contributed by atoms with E-state index in [1.165, 1.54) is 19.3 Å². The van der Waals surface area contributed by atoms with Crippen molar-refractivity contribution in [2.75, 3.05) is 19.6 Å². The maximum absolute atomic E-state index is 13.8. The Balaban J connectivity index is 1.66. The zero-order chi connectivity index (χ0) is 17.8. The van der Waals surface area contributed by atoms with E-state index in [1.807, 2.05) is 0 Å². The summed E-state index contributed by atoms with van der Waals surface area (Å²) in [6.07, 6.45) is 7.72. The Morgan fingerprint density at radius 1 is 0.960 bits per heavy atom. The van der Waals surface area contributed by atoms with Crippen molar-refractivity contribution in [2.45, 2.75) is 51.0 Å². The van der Waals surface area contributed by atoms with Crippen molar-refractivity contribution in [3.63, 3.8) is 0 Å². The van der Waals surface area contributed by atoms with E-state index in [4.69, 9.17) is 0 Å². The molecule has 25 heavy (non-hydrogen) atoms. The molecule has 0 spiro atoms. The maximum atomic E-state index is 13.8. The minimum absolute atomic E-state index is 0.0457. The highest BCUT2D eigenvalue weighted by Crippen LogP contribution is 2.27. The van der Waals surface area contributed by atoms with Crippen molar-refractivity contribution >= 4 is 5.91 Å². The Kier molecular flexibility index (Phi) is 5.99. The molecule has 0 bridgehead atoms. The lowest BCUT2D eigenvalue weighted by molar-refractivity contribution is 0.0873. The predicted molar refractivity (Wildman–Crippen MR) is 89.8 cm³/mol. The van der Waals surface area contributed by atoms with E-state index in [1.54, 1.807) is 0 Å². The number of likely N-dealkylation sites (tertiary alicyclic amines) is 1. The van der Waals surface area contributed by atoms with E-state index in [0.717, 1.165) is 45.3 Å². The second-order valence-corrected chi connectivity index (χ2v) is 7.23. The Morgan fingerprint density at radius 2 is 1.64 bits per heavy atom. The first-order chi connectivity index (χ1) is 12.0. The number of nitrogens with one attached hydrogen (secondary N) is 1. The summed E-state index contributed by atoms with van der Waals surface area (Å²) < 4.78 is 40.2. The summed E-state index contributed by atoms with van der Waals surface area (Å²) in [6.45, 7) is 3.12. The number of hydrogen-bond acceptors (Lipinski definition) is 2. The van der Waals surface area contributed by atoms with Crippen molar-refractivity contribution in [2.24, 2.45) is 5.92 Å². The Labute approximate surface area is 146 Å². The van der Waals surface area contributed by atoms with Gasteiger partial charge in [-0.3, -0.25) is 4.79 Å². The van der Waals surface area contributed by atoms with Crippen LogP contribution >= 0.6 is 0 Å². The third-order valence-corrected chi connectivity index (χ3v) is 5.42. The number of rotatable bonds is 4. The summed E-state index contributed by atoms with van der Waals surface area (Å²) in [7, 11) is 0. The van der Waals surface area contributed by atoms with Crippen LogP contribution < -0.4 is 5.32 Å². The summed E-state index contributed by atoms with van der Waals surface area (Å²) in [5, 5.41) is 2.87. The molecule has 1 aliphatic heterocycles. The van der Waals surface area contributed by atoms with Crippen LogP contribution in [-0.4, -0.2) is 36.5 Å². The van der Waals surface area contributed by atoms with Crippen LogP contribution in [0.15, 0.2) is 12.1 Å². The SMILES string of the molecule is O=C(N[C@@H]1CCCC[C@H]1CN1CCCCC1)c1cc(F)c(F)cc1F. The van der Waals surface area contributed by atoms with E-state index in [0.29, 0.717) is 18.1 Å². The largest absolute Gasteiger partial charge is 0.349 e. The topological polar surface area (TPSA) is 32.3 Å². The van der Waals surface area contributed by atoms with Crippen LogP contribution in [0.3, 0.4) is 0 Å². The van der Waals surface area contributed by atoms with E-state index < -0.39 is 28.9 Å². The number of piperidine rings is 1. The molecule has 1 aliphatic carbocycles. The number of amides is 1. The third kappa shape index (κ3) is 4.54. The number of carbonyl (C=O) groups is 1. The number of benzene rings is 1. The second-order valence-electron chi connectivity index (χ2n) is 7.23. The van der Waals surface area contributed by atoms with Crippen LogP contribution in [0, 0.1) is 23.4 Å². The van der Waals surface area contributed by atoms with E-state index in [-0.39, 0.29) is 6.04 Å². The van der Waals surface area contributed by atoms with Crippen molar-refractivity contribution in [1.82, 2.24) is 10.2 Å². The average molecular weight is 354 g/mol. The fourth-order valence-corrected chi connectivity index (χ4v) is 4.03. The molecule has 0 radical (unpaired) electrons. The van der Waals surface area contributed by atoms with Crippen molar-refractivity contribution in [1.29, 1.82) is 0 Å². The first-order valence-electron chi connectivity index (χ1n) is 9.22. The summed E-state index contributed by atoms with van der Waals surface area (Å²) in [4.78, 5) is 14.8. The molecule has 1 saturated carbocycles. The van der Waals surface area contributed by atoms with Gasteiger partial charge in [0.15, 0.2) is 11.6 Å². The third-order valence-electron chi connectivity index (χ3n) is 5.42. The molecule has 0 aromatic heterocycles. The molecule has 1 saturated heterocycles. The van der Waals surface area contributed by atoms with E-state index >= 15 is 0 Å². The second kappa shape index (κ2) is 8.21. The lowest BCUT2D eigenvalue weighted by Gasteiger charge is -2.37. The van der Waals surface area contributed by atoms with Gasteiger partial charge in [0, 0.05) is 18.7 Å². The first-order valence-corrected chi connectivity index (χ1v) is 9.22. The molecule has 1 amide bonds. The van der Waals surface area contributed by atoms with Crippen LogP contribution in [0.5, 0.6) is 0 Å². The lowest BCUT2D eigenvalue weighted by atomic mass is 9.83. The van der Waals surface area contributed by atoms with Gasteiger partial charge in [0.1, 0.15) is 5.82 Å². The van der Waals surface area contributed by atoms with Gasteiger partial charge in [0.2, 0.25) is 0 Å². The molecular formula is C19H25F3N2O. The van der Waals surface area contributed by atoms with Crippen LogP contribution in [-0.2, 0) is 0 Å². The van der Waals surface area contributed by atoms with Crippen LogP contribution in [0.1, 0.15) is 55.3 Å². The molecule has 2 fully saturated rings. The molecular weight excluding hydrogens is 329 g/mol. The number of carbonyl (C=O) groups excluding carboxylic acids is 1. The first kappa shape index (κ1) is 18.2. The Hall–Kier alpha value is -1.56. The van der Waals surface area contributed by atoms with Gasteiger partial charge in [0.25, 0.3) is 5.91 Å². The molecule has 2 aliphatic rings. The maximum Gasteiger partial charge on any atom is 0.254 e. The number of nitrogens with zero attached hydrogens (tertiary/aromatic N) is 1. The molecule has 6 heteroatoms. The Morgan fingerprint density at radius 3 is 2.40 bits per heavy atom. The van der Waals surface area contributed by atoms with Crippen LogP contribution in [0.25, 0.3) is 0 Å². The fraction of sp³-hybridized carbons (Fsp3) is 0.632. The number of hydrogen-bond donors (Lipinski definition) is 1. The summed E-state index contributed by atoms with van der Waals surface area (Å²) in [6, 6.07) is 1.02. The van der Waals surface area contributed by atoms with Crippen LogP contribution in [0.4, 0.5) is 13.2 Å². The van der Waals surface area contributed by atoms with E-state index in [2.05, 4.69) is 10.2 Å². The van der Waals surface area contributed by atoms with Gasteiger partial charge in [-0.1, -0.05) is 19.3 Å². The normalized spacial score (nSPS) is 24.9. The van der Waals surface area contributed by atoms with Crippen molar-refractivity contribution in [3.05, 3.63) is 35.1 Å². The Bertz CT molecular complexity index is 617. The van der Waals surface area contributed by atoms with Crippen molar-refractivity contribution < 1.29 is 18.0 Å². The van der Waals surface area contributed by atoms with Gasteiger partial charge in [0.05, 0.1) is 5.56 Å². The number of halogens is 3. The molecule has 1 aromatic rings. The van der Waals surface area contributed by atoms with Gasteiger partial charge in [-0.15, -0.1) is 0 Å². The van der Waals surface area contributed by atoms with E-state index in [9.17, 15) is 18.0 Å². The van der Waals surface area contributed by atoms with Gasteiger partial charge in [-0.2, -0.15) is 0 Å². The molecule has 1 N–H and O–H groups in total. The zero-order valence-electron chi connectivity index (χ0n) is 14.4. The smallest absolute Gasteiger partial charge is 0.254 e. The molecule has 1 aromatic carbocycles. The molecule has 138 valence electrons. The van der Waals surface area contributed by atoms with Crippen LogP contribution in [0.2, 0.25) is 0 Å². The van der Waals surface area contributed by atoms with Gasteiger partial charge in [-0.25, -0.2) is 13.2 Å².